The van der Waals surface area contributed by atoms with E-state index in [9.17, 15) is 8.42 Å². The molecular formula is C17H23NO4S. The average molecular weight is 337 g/mol. The fraction of sp³-hybridized carbons (Fsp3) is 0.647. The van der Waals surface area contributed by atoms with Gasteiger partial charge in [0, 0.05) is 18.0 Å². The van der Waals surface area contributed by atoms with Crippen molar-refractivity contribution >= 4 is 10.0 Å². The molecule has 1 aromatic carbocycles. The Morgan fingerprint density at radius 1 is 1.13 bits per heavy atom. The lowest BCUT2D eigenvalue weighted by molar-refractivity contribution is 0.168. The van der Waals surface area contributed by atoms with Crippen LogP contribution in [0.3, 0.4) is 0 Å². The first kappa shape index (κ1) is 15.3. The van der Waals surface area contributed by atoms with Crippen LogP contribution in [0.5, 0.6) is 11.5 Å². The highest BCUT2D eigenvalue weighted by Crippen LogP contribution is 2.52. The molecule has 0 bridgehead atoms. The molecule has 0 unspecified atom stereocenters. The van der Waals surface area contributed by atoms with Gasteiger partial charge in [0.2, 0.25) is 10.0 Å². The van der Waals surface area contributed by atoms with E-state index in [4.69, 9.17) is 9.47 Å². The van der Waals surface area contributed by atoms with Gasteiger partial charge >= 0.3 is 0 Å². The molecule has 1 fully saturated rings. The molecule has 126 valence electrons. The Bertz CT molecular complexity index is 737. The highest BCUT2D eigenvalue weighted by Gasteiger charge is 2.47. The second-order valence-corrected chi connectivity index (χ2v) is 8.99. The second-order valence-electron chi connectivity index (χ2n) is 7.05. The highest BCUT2D eigenvalue weighted by atomic mass is 32.2. The molecule has 6 heteroatoms. The first-order valence-corrected chi connectivity index (χ1v) is 10.2. The summed E-state index contributed by atoms with van der Waals surface area (Å²) in [6.45, 7) is 3.67. The molecule has 4 rings (SSSR count). The van der Waals surface area contributed by atoms with Crippen molar-refractivity contribution in [3.63, 3.8) is 0 Å². The zero-order valence-corrected chi connectivity index (χ0v) is 14.5. The van der Waals surface area contributed by atoms with E-state index in [0.29, 0.717) is 19.8 Å². The Balaban J connectivity index is 1.90. The third-order valence-electron chi connectivity index (χ3n) is 5.61. The van der Waals surface area contributed by atoms with E-state index in [2.05, 4.69) is 6.07 Å². The SMILES string of the molecule is C[C@H]1c2cc3c(cc2C2(CCCC2)CN1S(C)(=O)=O)OCCO3. The van der Waals surface area contributed by atoms with E-state index in [1.165, 1.54) is 11.8 Å². The van der Waals surface area contributed by atoms with Gasteiger partial charge in [0.1, 0.15) is 13.2 Å². The van der Waals surface area contributed by atoms with Gasteiger partial charge in [-0.05, 0) is 43.0 Å². The molecule has 3 aliphatic rings. The maximum Gasteiger partial charge on any atom is 0.211 e. The van der Waals surface area contributed by atoms with Crippen molar-refractivity contribution < 1.29 is 17.9 Å². The smallest absolute Gasteiger partial charge is 0.211 e. The quantitative estimate of drug-likeness (QED) is 0.790. The lowest BCUT2D eigenvalue weighted by atomic mass is 9.72. The number of sulfonamides is 1. The Morgan fingerprint density at radius 2 is 1.74 bits per heavy atom. The van der Waals surface area contributed by atoms with Crippen LogP contribution in [0.4, 0.5) is 0 Å². The number of benzene rings is 1. The Kier molecular flexibility index (Phi) is 3.39. The largest absolute Gasteiger partial charge is 0.486 e. The van der Waals surface area contributed by atoms with Gasteiger partial charge in [-0.3, -0.25) is 0 Å². The van der Waals surface area contributed by atoms with Crippen LogP contribution in [0.1, 0.15) is 49.8 Å². The fourth-order valence-electron chi connectivity index (χ4n) is 4.47. The van der Waals surface area contributed by atoms with Crippen LogP contribution in [0.2, 0.25) is 0 Å². The maximum atomic E-state index is 12.3. The molecule has 1 spiro atoms. The van der Waals surface area contributed by atoms with Gasteiger partial charge in [0.05, 0.1) is 6.26 Å². The molecule has 1 saturated carbocycles. The van der Waals surface area contributed by atoms with Crippen LogP contribution < -0.4 is 9.47 Å². The summed E-state index contributed by atoms with van der Waals surface area (Å²) < 4.78 is 37.8. The number of rotatable bonds is 1. The number of hydrogen-bond donors (Lipinski definition) is 0. The molecule has 2 heterocycles. The minimum Gasteiger partial charge on any atom is -0.486 e. The van der Waals surface area contributed by atoms with Gasteiger partial charge in [-0.25, -0.2) is 8.42 Å². The lowest BCUT2D eigenvalue weighted by Crippen LogP contribution is -2.48. The van der Waals surface area contributed by atoms with E-state index < -0.39 is 10.0 Å². The van der Waals surface area contributed by atoms with Gasteiger partial charge < -0.3 is 9.47 Å². The first-order valence-electron chi connectivity index (χ1n) is 8.32. The summed E-state index contributed by atoms with van der Waals surface area (Å²) >= 11 is 0. The van der Waals surface area contributed by atoms with E-state index in [-0.39, 0.29) is 11.5 Å². The van der Waals surface area contributed by atoms with Crippen LogP contribution in [-0.4, -0.2) is 38.7 Å². The monoisotopic (exact) mass is 337 g/mol. The molecule has 1 atom stereocenters. The molecule has 5 nitrogen and oxygen atoms in total. The van der Waals surface area contributed by atoms with E-state index in [0.717, 1.165) is 42.7 Å². The normalized spacial score (nSPS) is 26.3. The zero-order chi connectivity index (χ0) is 16.2. The molecular weight excluding hydrogens is 314 g/mol. The van der Waals surface area contributed by atoms with Crippen molar-refractivity contribution in [2.75, 3.05) is 26.0 Å². The summed E-state index contributed by atoms with van der Waals surface area (Å²) in [6, 6.07) is 3.96. The molecule has 0 saturated heterocycles. The van der Waals surface area contributed by atoms with Gasteiger partial charge in [0.15, 0.2) is 11.5 Å². The minimum atomic E-state index is -3.24. The van der Waals surface area contributed by atoms with Crippen molar-refractivity contribution in [2.45, 2.75) is 44.1 Å². The number of hydrogen-bond acceptors (Lipinski definition) is 4. The molecule has 1 aromatic rings. The molecule has 0 aromatic heterocycles. The lowest BCUT2D eigenvalue weighted by Gasteiger charge is -2.45. The molecule has 23 heavy (non-hydrogen) atoms. The Morgan fingerprint density at radius 3 is 2.35 bits per heavy atom. The van der Waals surface area contributed by atoms with Gasteiger partial charge in [-0.15, -0.1) is 0 Å². The summed E-state index contributed by atoms with van der Waals surface area (Å²) in [5.74, 6) is 1.55. The molecule has 0 N–H and O–H groups in total. The van der Waals surface area contributed by atoms with Crippen LogP contribution in [-0.2, 0) is 15.4 Å². The maximum absolute atomic E-state index is 12.3. The summed E-state index contributed by atoms with van der Waals surface area (Å²) in [4.78, 5) is 0. The minimum absolute atomic E-state index is 0.0687. The predicted molar refractivity (Wildman–Crippen MR) is 87.5 cm³/mol. The summed E-state index contributed by atoms with van der Waals surface area (Å²) in [6.07, 6.45) is 5.70. The first-order chi connectivity index (χ1) is 10.9. The van der Waals surface area contributed by atoms with E-state index >= 15 is 0 Å². The number of fused-ring (bicyclic) bond motifs is 3. The van der Waals surface area contributed by atoms with Gasteiger partial charge in [-0.1, -0.05) is 12.8 Å². The average Bonchev–Trinajstić information content (AvgIpc) is 2.98. The Labute approximate surface area is 137 Å². The third-order valence-corrected chi connectivity index (χ3v) is 6.91. The summed E-state index contributed by atoms with van der Waals surface area (Å²) in [5, 5.41) is 0. The van der Waals surface area contributed by atoms with Crippen LogP contribution >= 0.6 is 0 Å². The van der Waals surface area contributed by atoms with Crippen LogP contribution in [0, 0.1) is 0 Å². The number of nitrogens with zero attached hydrogens (tertiary/aromatic N) is 1. The fourth-order valence-corrected chi connectivity index (χ4v) is 5.64. The zero-order valence-electron chi connectivity index (χ0n) is 13.7. The number of ether oxygens (including phenoxy) is 2. The highest BCUT2D eigenvalue weighted by molar-refractivity contribution is 7.88. The topological polar surface area (TPSA) is 55.8 Å². The predicted octanol–water partition coefficient (Wildman–Crippen LogP) is 2.61. The van der Waals surface area contributed by atoms with Gasteiger partial charge in [0.25, 0.3) is 0 Å². The molecule has 0 amide bonds. The van der Waals surface area contributed by atoms with Crippen molar-refractivity contribution in [3.8, 4) is 11.5 Å². The van der Waals surface area contributed by atoms with E-state index in [1.807, 2.05) is 13.0 Å². The van der Waals surface area contributed by atoms with Crippen molar-refractivity contribution in [1.29, 1.82) is 0 Å². The second kappa shape index (κ2) is 5.11. The summed E-state index contributed by atoms with van der Waals surface area (Å²) in [7, 11) is -3.24. The van der Waals surface area contributed by atoms with Crippen molar-refractivity contribution in [2.24, 2.45) is 0 Å². The molecule has 1 aliphatic carbocycles. The van der Waals surface area contributed by atoms with Crippen LogP contribution in [0.25, 0.3) is 0 Å². The third kappa shape index (κ3) is 2.34. The standard InChI is InChI=1S/C17H23NO4S/c1-12-13-9-15-16(22-8-7-21-15)10-14(13)17(5-3-4-6-17)11-18(12)23(2,19)20/h9-10,12H,3-8,11H2,1-2H3/t12-/m0/s1. The van der Waals surface area contributed by atoms with Crippen molar-refractivity contribution in [3.05, 3.63) is 23.3 Å². The molecule has 2 aliphatic heterocycles. The van der Waals surface area contributed by atoms with Crippen molar-refractivity contribution in [1.82, 2.24) is 4.31 Å². The van der Waals surface area contributed by atoms with Crippen LogP contribution in [0.15, 0.2) is 12.1 Å². The van der Waals surface area contributed by atoms with E-state index in [1.54, 1.807) is 4.31 Å². The Hall–Kier alpha value is -1.27. The molecule has 0 radical (unpaired) electrons. The summed E-state index contributed by atoms with van der Waals surface area (Å²) in [5.41, 5.74) is 2.28. The van der Waals surface area contributed by atoms with Gasteiger partial charge in [-0.2, -0.15) is 4.31 Å².